The van der Waals surface area contributed by atoms with Gasteiger partial charge in [0, 0.05) is 5.69 Å². The topological polar surface area (TPSA) is 26.0 Å². The van der Waals surface area contributed by atoms with Gasteiger partial charge in [-0.25, -0.2) is 4.39 Å². The molecule has 76 valence electrons. The maximum absolute atomic E-state index is 13.1. The summed E-state index contributed by atoms with van der Waals surface area (Å²) in [5, 5.41) is 0. The number of hydrogen-bond acceptors (Lipinski definition) is 1. The molecule has 0 aliphatic rings. The highest BCUT2D eigenvalue weighted by Crippen LogP contribution is 2.25. The van der Waals surface area contributed by atoms with Gasteiger partial charge in [-0.1, -0.05) is 18.2 Å². The zero-order chi connectivity index (χ0) is 10.8. The Labute approximate surface area is 88.4 Å². The Morgan fingerprint density at radius 1 is 1.07 bits per heavy atom. The van der Waals surface area contributed by atoms with Crippen LogP contribution in [0.3, 0.4) is 0 Å². The van der Waals surface area contributed by atoms with Crippen LogP contribution in [0.2, 0.25) is 0 Å². The van der Waals surface area contributed by atoms with Gasteiger partial charge in [-0.3, -0.25) is 0 Å². The van der Waals surface area contributed by atoms with Crippen molar-refractivity contribution in [3.05, 3.63) is 53.8 Å². The molecule has 2 aromatic rings. The molecule has 1 nitrogen and oxygen atoms in total. The van der Waals surface area contributed by atoms with Crippen LogP contribution in [0.1, 0.15) is 5.56 Å². The van der Waals surface area contributed by atoms with Crippen LogP contribution in [-0.2, 0) is 0 Å². The zero-order valence-corrected chi connectivity index (χ0v) is 8.50. The van der Waals surface area contributed by atoms with Crippen LogP contribution in [0.4, 0.5) is 10.1 Å². The summed E-state index contributed by atoms with van der Waals surface area (Å²) >= 11 is 0. The Balaban J connectivity index is 2.58. The van der Waals surface area contributed by atoms with Gasteiger partial charge in [0.15, 0.2) is 0 Å². The first kappa shape index (κ1) is 9.71. The van der Waals surface area contributed by atoms with E-state index in [9.17, 15) is 4.39 Å². The fraction of sp³-hybridized carbons (Fsp3) is 0.0769. The van der Waals surface area contributed by atoms with Crippen LogP contribution in [0.5, 0.6) is 0 Å². The standard InChI is InChI=1S/C13H12FN/c1-9-5-6-12(15)8-13(9)10-3-2-4-11(14)7-10/h2-8H,15H2,1H3. The molecule has 2 aromatic carbocycles. The first-order valence-corrected chi connectivity index (χ1v) is 4.79. The Hall–Kier alpha value is -1.83. The Morgan fingerprint density at radius 2 is 1.87 bits per heavy atom. The molecular formula is C13H12FN. The van der Waals surface area contributed by atoms with E-state index in [0.717, 1.165) is 16.7 Å². The highest BCUT2D eigenvalue weighted by atomic mass is 19.1. The molecule has 0 radical (unpaired) electrons. The molecule has 2 heteroatoms. The van der Waals surface area contributed by atoms with Crippen LogP contribution in [0, 0.1) is 12.7 Å². The summed E-state index contributed by atoms with van der Waals surface area (Å²) in [6.45, 7) is 1.99. The zero-order valence-electron chi connectivity index (χ0n) is 8.50. The average Bonchev–Trinajstić information content (AvgIpc) is 2.22. The van der Waals surface area contributed by atoms with E-state index in [1.807, 2.05) is 31.2 Å². The summed E-state index contributed by atoms with van der Waals surface area (Å²) in [7, 11) is 0. The van der Waals surface area contributed by atoms with E-state index in [-0.39, 0.29) is 5.82 Å². The van der Waals surface area contributed by atoms with E-state index in [1.54, 1.807) is 6.07 Å². The van der Waals surface area contributed by atoms with Gasteiger partial charge in [-0.15, -0.1) is 0 Å². The Kier molecular flexibility index (Phi) is 2.42. The fourth-order valence-electron chi connectivity index (χ4n) is 1.61. The number of rotatable bonds is 1. The van der Waals surface area contributed by atoms with Crippen LogP contribution >= 0.6 is 0 Å². The van der Waals surface area contributed by atoms with Crippen molar-refractivity contribution in [1.29, 1.82) is 0 Å². The van der Waals surface area contributed by atoms with E-state index in [1.165, 1.54) is 12.1 Å². The molecule has 0 aromatic heterocycles. The summed E-state index contributed by atoms with van der Waals surface area (Å²) in [5.41, 5.74) is 9.34. The van der Waals surface area contributed by atoms with Gasteiger partial charge in [0.05, 0.1) is 0 Å². The molecule has 15 heavy (non-hydrogen) atoms. The third-order valence-electron chi connectivity index (χ3n) is 2.40. The highest BCUT2D eigenvalue weighted by Gasteiger charge is 2.03. The van der Waals surface area contributed by atoms with Crippen molar-refractivity contribution in [3.8, 4) is 11.1 Å². The molecule has 0 saturated heterocycles. The third-order valence-corrected chi connectivity index (χ3v) is 2.40. The maximum Gasteiger partial charge on any atom is 0.123 e. The van der Waals surface area contributed by atoms with Crippen LogP contribution in [-0.4, -0.2) is 0 Å². The minimum Gasteiger partial charge on any atom is -0.399 e. The van der Waals surface area contributed by atoms with Crippen LogP contribution in [0.15, 0.2) is 42.5 Å². The number of benzene rings is 2. The molecule has 0 amide bonds. The average molecular weight is 201 g/mol. The smallest absolute Gasteiger partial charge is 0.123 e. The molecule has 0 fully saturated rings. The predicted octanol–water partition coefficient (Wildman–Crippen LogP) is 3.38. The second-order valence-corrected chi connectivity index (χ2v) is 3.58. The highest BCUT2D eigenvalue weighted by molar-refractivity contribution is 5.70. The molecule has 0 spiro atoms. The number of halogens is 1. The first-order chi connectivity index (χ1) is 7.16. The monoisotopic (exact) mass is 201 g/mol. The van der Waals surface area contributed by atoms with Gasteiger partial charge >= 0.3 is 0 Å². The van der Waals surface area contributed by atoms with Gasteiger partial charge in [-0.2, -0.15) is 0 Å². The molecule has 0 aliphatic heterocycles. The lowest BCUT2D eigenvalue weighted by Crippen LogP contribution is -1.89. The van der Waals surface area contributed by atoms with Gasteiger partial charge in [0.1, 0.15) is 5.82 Å². The van der Waals surface area contributed by atoms with Gasteiger partial charge in [-0.05, 0) is 47.9 Å². The fourth-order valence-corrected chi connectivity index (χ4v) is 1.61. The van der Waals surface area contributed by atoms with Crippen LogP contribution < -0.4 is 5.73 Å². The lowest BCUT2D eigenvalue weighted by Gasteiger charge is -2.07. The van der Waals surface area contributed by atoms with Crippen molar-refractivity contribution in [3.63, 3.8) is 0 Å². The van der Waals surface area contributed by atoms with Crippen molar-refractivity contribution in [2.75, 3.05) is 5.73 Å². The first-order valence-electron chi connectivity index (χ1n) is 4.79. The van der Waals surface area contributed by atoms with E-state index in [4.69, 9.17) is 5.73 Å². The van der Waals surface area contributed by atoms with E-state index in [0.29, 0.717) is 5.69 Å². The third kappa shape index (κ3) is 1.99. The number of aryl methyl sites for hydroxylation is 1. The van der Waals surface area contributed by atoms with E-state index < -0.39 is 0 Å². The molecule has 2 rings (SSSR count). The lowest BCUT2D eigenvalue weighted by molar-refractivity contribution is 0.628. The van der Waals surface area contributed by atoms with E-state index in [2.05, 4.69) is 0 Å². The predicted molar refractivity (Wildman–Crippen MR) is 61.0 cm³/mol. The quantitative estimate of drug-likeness (QED) is 0.703. The number of hydrogen-bond donors (Lipinski definition) is 1. The minimum absolute atomic E-state index is 0.227. The summed E-state index contributed by atoms with van der Waals surface area (Å²) in [4.78, 5) is 0. The van der Waals surface area contributed by atoms with Crippen molar-refractivity contribution in [2.45, 2.75) is 6.92 Å². The summed E-state index contributed by atoms with van der Waals surface area (Å²) in [5.74, 6) is -0.227. The summed E-state index contributed by atoms with van der Waals surface area (Å²) < 4.78 is 13.1. The van der Waals surface area contributed by atoms with Crippen molar-refractivity contribution < 1.29 is 4.39 Å². The van der Waals surface area contributed by atoms with Crippen molar-refractivity contribution >= 4 is 5.69 Å². The minimum atomic E-state index is -0.227. The maximum atomic E-state index is 13.1. The van der Waals surface area contributed by atoms with Gasteiger partial charge < -0.3 is 5.73 Å². The lowest BCUT2D eigenvalue weighted by atomic mass is 10.00. The van der Waals surface area contributed by atoms with Crippen molar-refractivity contribution in [1.82, 2.24) is 0 Å². The number of nitrogen functional groups attached to an aromatic ring is 1. The normalized spacial score (nSPS) is 10.3. The Morgan fingerprint density at radius 3 is 2.60 bits per heavy atom. The molecule has 0 bridgehead atoms. The van der Waals surface area contributed by atoms with Gasteiger partial charge in [0.25, 0.3) is 0 Å². The molecule has 0 aliphatic carbocycles. The summed E-state index contributed by atoms with van der Waals surface area (Å²) in [6.07, 6.45) is 0. The molecule has 0 heterocycles. The molecule has 2 N–H and O–H groups in total. The number of anilines is 1. The van der Waals surface area contributed by atoms with Crippen molar-refractivity contribution in [2.24, 2.45) is 0 Å². The van der Waals surface area contributed by atoms with E-state index >= 15 is 0 Å². The van der Waals surface area contributed by atoms with Gasteiger partial charge in [0.2, 0.25) is 0 Å². The molecule has 0 unspecified atom stereocenters. The second-order valence-electron chi connectivity index (χ2n) is 3.58. The molecule has 0 saturated carbocycles. The second kappa shape index (κ2) is 3.73. The summed E-state index contributed by atoms with van der Waals surface area (Å²) in [6, 6.07) is 12.2. The largest absolute Gasteiger partial charge is 0.399 e. The Bertz CT molecular complexity index is 492. The molecular weight excluding hydrogens is 189 g/mol. The molecule has 0 atom stereocenters. The van der Waals surface area contributed by atoms with Crippen LogP contribution in [0.25, 0.3) is 11.1 Å². The SMILES string of the molecule is Cc1ccc(N)cc1-c1cccc(F)c1. The number of nitrogens with two attached hydrogens (primary N) is 1.